The SMILES string of the molecule is NC(=O)CCC(=O)N(S)CC(C(=O)O)C(=O)O. The Labute approximate surface area is 102 Å². The normalized spacial score (nSPS) is 10.0. The summed E-state index contributed by atoms with van der Waals surface area (Å²) >= 11 is 3.66. The van der Waals surface area contributed by atoms with Crippen LogP contribution in [0.1, 0.15) is 12.8 Å². The summed E-state index contributed by atoms with van der Waals surface area (Å²) in [5.74, 6) is -6.25. The van der Waals surface area contributed by atoms with Gasteiger partial charge in [0.2, 0.25) is 11.8 Å². The van der Waals surface area contributed by atoms with Crippen molar-refractivity contribution >= 4 is 36.6 Å². The Morgan fingerprint density at radius 2 is 1.59 bits per heavy atom. The average molecular weight is 264 g/mol. The molecule has 9 heteroatoms. The van der Waals surface area contributed by atoms with E-state index in [4.69, 9.17) is 15.9 Å². The number of carboxylic acids is 2. The van der Waals surface area contributed by atoms with Gasteiger partial charge in [-0.2, -0.15) is 0 Å². The van der Waals surface area contributed by atoms with Gasteiger partial charge in [-0.3, -0.25) is 23.5 Å². The summed E-state index contributed by atoms with van der Waals surface area (Å²) < 4.78 is 0.649. The number of aliphatic carboxylic acids is 2. The second-order valence-corrected chi connectivity index (χ2v) is 3.65. The molecular formula is C8H12N2O6S. The number of carbonyl (C=O) groups is 4. The molecule has 0 aromatic carbocycles. The summed E-state index contributed by atoms with van der Waals surface area (Å²) in [7, 11) is 0. The Balaban J connectivity index is 4.35. The highest BCUT2D eigenvalue weighted by Crippen LogP contribution is 2.07. The summed E-state index contributed by atoms with van der Waals surface area (Å²) in [5.41, 5.74) is 4.82. The van der Waals surface area contributed by atoms with Crippen LogP contribution in [0.25, 0.3) is 0 Å². The van der Waals surface area contributed by atoms with E-state index in [0.29, 0.717) is 4.31 Å². The molecule has 0 fully saturated rings. The van der Waals surface area contributed by atoms with Crippen LogP contribution in [0.2, 0.25) is 0 Å². The first-order valence-corrected chi connectivity index (χ1v) is 4.88. The van der Waals surface area contributed by atoms with E-state index < -0.39 is 36.2 Å². The minimum absolute atomic E-state index is 0.208. The van der Waals surface area contributed by atoms with Crippen LogP contribution >= 0.6 is 12.8 Å². The molecule has 0 bridgehead atoms. The summed E-state index contributed by atoms with van der Waals surface area (Å²) in [6.45, 7) is -0.592. The monoisotopic (exact) mass is 264 g/mol. The molecule has 0 aliphatic carbocycles. The molecule has 0 aliphatic rings. The van der Waals surface area contributed by atoms with Crippen molar-refractivity contribution in [2.24, 2.45) is 11.7 Å². The summed E-state index contributed by atoms with van der Waals surface area (Å²) in [6, 6.07) is 0. The first-order chi connectivity index (χ1) is 7.75. The highest BCUT2D eigenvalue weighted by Gasteiger charge is 2.29. The van der Waals surface area contributed by atoms with Crippen molar-refractivity contribution in [3.8, 4) is 0 Å². The van der Waals surface area contributed by atoms with E-state index in [1.807, 2.05) is 0 Å². The minimum Gasteiger partial charge on any atom is -0.481 e. The zero-order chi connectivity index (χ0) is 13.6. The summed E-state index contributed by atoms with van der Waals surface area (Å²) in [4.78, 5) is 42.8. The van der Waals surface area contributed by atoms with Crippen LogP contribution in [0.4, 0.5) is 0 Å². The largest absolute Gasteiger partial charge is 0.481 e. The zero-order valence-corrected chi connectivity index (χ0v) is 9.59. The van der Waals surface area contributed by atoms with Crippen LogP contribution in [0.5, 0.6) is 0 Å². The fraction of sp³-hybridized carbons (Fsp3) is 0.500. The van der Waals surface area contributed by atoms with Gasteiger partial charge in [-0.1, -0.05) is 12.8 Å². The Kier molecular flexibility index (Phi) is 6.03. The lowest BCUT2D eigenvalue weighted by atomic mass is 10.1. The Bertz CT molecular complexity index is 331. The molecule has 0 radical (unpaired) electrons. The van der Waals surface area contributed by atoms with Crippen LogP contribution in [0, 0.1) is 5.92 Å². The van der Waals surface area contributed by atoms with E-state index in [2.05, 4.69) is 12.8 Å². The number of nitrogens with zero attached hydrogens (tertiary/aromatic N) is 1. The van der Waals surface area contributed by atoms with E-state index in [1.165, 1.54) is 0 Å². The van der Waals surface area contributed by atoms with Gasteiger partial charge in [0.15, 0.2) is 5.92 Å². The molecule has 0 aliphatic heterocycles. The maximum atomic E-state index is 11.3. The van der Waals surface area contributed by atoms with Crippen LogP contribution in [-0.4, -0.2) is 44.8 Å². The third kappa shape index (κ3) is 5.76. The smallest absolute Gasteiger partial charge is 0.319 e. The number of carboxylic acid groups (broad SMARTS) is 2. The molecule has 0 rings (SSSR count). The van der Waals surface area contributed by atoms with Gasteiger partial charge in [-0.25, -0.2) is 0 Å². The molecule has 0 aromatic heterocycles. The Morgan fingerprint density at radius 1 is 1.12 bits per heavy atom. The van der Waals surface area contributed by atoms with Crippen LogP contribution in [0.3, 0.4) is 0 Å². The lowest BCUT2D eigenvalue weighted by Gasteiger charge is -2.17. The van der Waals surface area contributed by atoms with Crippen molar-refractivity contribution in [2.75, 3.05) is 6.54 Å². The van der Waals surface area contributed by atoms with Gasteiger partial charge in [0.1, 0.15) is 0 Å². The Morgan fingerprint density at radius 3 is 1.94 bits per heavy atom. The average Bonchev–Trinajstić information content (AvgIpc) is 2.20. The number of amides is 2. The van der Waals surface area contributed by atoms with Gasteiger partial charge >= 0.3 is 11.9 Å². The van der Waals surface area contributed by atoms with E-state index in [9.17, 15) is 19.2 Å². The number of thiol groups is 1. The molecule has 96 valence electrons. The lowest BCUT2D eigenvalue weighted by Crippen LogP contribution is -2.36. The van der Waals surface area contributed by atoms with Gasteiger partial charge in [-0.05, 0) is 0 Å². The Hall–Kier alpha value is -1.77. The highest BCUT2D eigenvalue weighted by molar-refractivity contribution is 7.78. The van der Waals surface area contributed by atoms with Crippen molar-refractivity contribution in [1.29, 1.82) is 0 Å². The molecule has 2 amide bonds. The van der Waals surface area contributed by atoms with Crippen molar-refractivity contribution in [1.82, 2.24) is 4.31 Å². The molecule has 17 heavy (non-hydrogen) atoms. The van der Waals surface area contributed by atoms with Crippen molar-refractivity contribution < 1.29 is 29.4 Å². The van der Waals surface area contributed by atoms with Gasteiger partial charge in [0.25, 0.3) is 0 Å². The molecule has 0 unspecified atom stereocenters. The highest BCUT2D eigenvalue weighted by atomic mass is 32.1. The predicted octanol–water partition coefficient (Wildman–Crippen LogP) is -1.29. The van der Waals surface area contributed by atoms with E-state index in [0.717, 1.165) is 0 Å². The number of nitrogens with two attached hydrogens (primary N) is 1. The topological polar surface area (TPSA) is 138 Å². The predicted molar refractivity (Wildman–Crippen MR) is 57.9 cm³/mol. The second-order valence-electron chi connectivity index (χ2n) is 3.17. The molecule has 0 aromatic rings. The lowest BCUT2D eigenvalue weighted by molar-refractivity contribution is -0.155. The maximum Gasteiger partial charge on any atom is 0.319 e. The fourth-order valence-electron chi connectivity index (χ4n) is 0.896. The summed E-state index contributed by atoms with van der Waals surface area (Å²) in [5, 5.41) is 17.1. The fourth-order valence-corrected chi connectivity index (χ4v) is 1.16. The molecule has 0 heterocycles. The maximum absolute atomic E-state index is 11.3. The molecule has 0 atom stereocenters. The first-order valence-electron chi connectivity index (χ1n) is 4.48. The van der Waals surface area contributed by atoms with Crippen molar-refractivity contribution in [3.05, 3.63) is 0 Å². The molecular weight excluding hydrogens is 252 g/mol. The number of carbonyl (C=O) groups excluding carboxylic acids is 2. The quantitative estimate of drug-likeness (QED) is 0.333. The third-order valence-corrected chi connectivity index (χ3v) is 2.21. The van der Waals surface area contributed by atoms with Gasteiger partial charge in [0, 0.05) is 12.8 Å². The van der Waals surface area contributed by atoms with Crippen LogP contribution < -0.4 is 5.73 Å². The van der Waals surface area contributed by atoms with Crippen LogP contribution in [0.15, 0.2) is 0 Å². The number of hydrogen-bond acceptors (Lipinski definition) is 5. The van der Waals surface area contributed by atoms with Crippen molar-refractivity contribution in [3.63, 3.8) is 0 Å². The third-order valence-electron chi connectivity index (χ3n) is 1.82. The van der Waals surface area contributed by atoms with Gasteiger partial charge in [0.05, 0.1) is 6.54 Å². The number of primary amides is 1. The molecule has 0 spiro atoms. The first kappa shape index (κ1) is 15.2. The van der Waals surface area contributed by atoms with Gasteiger partial charge in [-0.15, -0.1) is 0 Å². The second kappa shape index (κ2) is 6.74. The standard InChI is InChI=1S/C8H12N2O6S/c9-5(11)1-2-6(12)10(17)3-4(7(13)14)8(15)16/h4,17H,1-3H2,(H2,9,11)(H,13,14)(H,15,16). The molecule has 8 nitrogen and oxygen atoms in total. The van der Waals surface area contributed by atoms with E-state index in [1.54, 1.807) is 0 Å². The van der Waals surface area contributed by atoms with Crippen molar-refractivity contribution in [2.45, 2.75) is 12.8 Å². The minimum atomic E-state index is -1.76. The van der Waals surface area contributed by atoms with Crippen LogP contribution in [-0.2, 0) is 19.2 Å². The molecule has 4 N–H and O–H groups in total. The zero-order valence-electron chi connectivity index (χ0n) is 8.70. The summed E-state index contributed by atoms with van der Waals surface area (Å²) in [6.07, 6.45) is -0.453. The van der Waals surface area contributed by atoms with E-state index in [-0.39, 0.29) is 12.8 Å². The van der Waals surface area contributed by atoms with E-state index >= 15 is 0 Å². The molecule has 0 saturated heterocycles. The van der Waals surface area contributed by atoms with Gasteiger partial charge < -0.3 is 15.9 Å². The molecule has 0 saturated carbocycles. The number of hydrogen-bond donors (Lipinski definition) is 4. The number of rotatable bonds is 7.